The van der Waals surface area contributed by atoms with Gasteiger partial charge < -0.3 is 9.84 Å². The summed E-state index contributed by atoms with van der Waals surface area (Å²) in [6.45, 7) is -0.00482. The number of carboxylic acid groups (broad SMARTS) is 1. The van der Waals surface area contributed by atoms with E-state index in [0.29, 0.717) is 5.69 Å². The first-order valence-electron chi connectivity index (χ1n) is 5.34. The van der Waals surface area contributed by atoms with Crippen LogP contribution in [0.2, 0.25) is 0 Å². The van der Waals surface area contributed by atoms with Crippen LogP contribution in [-0.4, -0.2) is 16.1 Å². The van der Waals surface area contributed by atoms with Gasteiger partial charge in [-0.3, -0.25) is 0 Å². The third kappa shape index (κ3) is 3.47. The number of thiazole rings is 1. The lowest BCUT2D eigenvalue weighted by Gasteiger charge is -2.08. The topological polar surface area (TPSA) is 59.4 Å². The van der Waals surface area contributed by atoms with Crippen LogP contribution in [0.5, 0.6) is 5.75 Å². The molecule has 0 spiro atoms. The van der Waals surface area contributed by atoms with Crippen molar-refractivity contribution < 1.29 is 27.8 Å². The maximum absolute atomic E-state index is 12.3. The quantitative estimate of drug-likeness (QED) is 0.940. The van der Waals surface area contributed by atoms with Crippen molar-refractivity contribution in [3.63, 3.8) is 0 Å². The number of nitrogens with zero attached hydrogens (tertiary/aromatic N) is 1. The number of aromatic nitrogens is 1. The molecule has 1 N–H and O–H groups in total. The average Bonchev–Trinajstić information content (AvgIpc) is 2.85. The zero-order chi connectivity index (χ0) is 14.8. The van der Waals surface area contributed by atoms with E-state index >= 15 is 0 Å². The molecular weight excluding hydrogens is 295 g/mol. The SMILES string of the molecule is O=C(O)c1nc(COc2ccc(C(F)(F)F)cc2)cs1. The Labute approximate surface area is 115 Å². The fourth-order valence-electron chi connectivity index (χ4n) is 1.37. The van der Waals surface area contributed by atoms with Crippen molar-refractivity contribution >= 4 is 17.3 Å². The van der Waals surface area contributed by atoms with E-state index in [0.717, 1.165) is 23.5 Å². The highest BCUT2D eigenvalue weighted by atomic mass is 32.1. The summed E-state index contributed by atoms with van der Waals surface area (Å²) >= 11 is 0.959. The molecule has 0 atom stereocenters. The highest BCUT2D eigenvalue weighted by molar-refractivity contribution is 7.11. The van der Waals surface area contributed by atoms with Gasteiger partial charge in [0.1, 0.15) is 12.4 Å². The normalized spacial score (nSPS) is 11.3. The van der Waals surface area contributed by atoms with Gasteiger partial charge >= 0.3 is 12.1 Å². The zero-order valence-corrected chi connectivity index (χ0v) is 10.7. The zero-order valence-electron chi connectivity index (χ0n) is 9.85. The van der Waals surface area contributed by atoms with Crippen molar-refractivity contribution in [3.05, 3.63) is 45.9 Å². The highest BCUT2D eigenvalue weighted by Gasteiger charge is 2.30. The van der Waals surface area contributed by atoms with E-state index in [2.05, 4.69) is 4.98 Å². The molecule has 0 radical (unpaired) electrons. The summed E-state index contributed by atoms with van der Waals surface area (Å²) in [5.74, 6) is -0.876. The molecule has 0 aliphatic heterocycles. The Hall–Kier alpha value is -2.09. The summed E-state index contributed by atoms with van der Waals surface area (Å²) < 4.78 is 42.3. The Morgan fingerprint density at radius 1 is 1.30 bits per heavy atom. The van der Waals surface area contributed by atoms with E-state index < -0.39 is 17.7 Å². The number of alkyl halides is 3. The molecule has 0 saturated carbocycles. The van der Waals surface area contributed by atoms with Gasteiger partial charge in [0.25, 0.3) is 0 Å². The minimum Gasteiger partial charge on any atom is -0.487 e. The third-order valence-corrected chi connectivity index (χ3v) is 3.18. The number of halogens is 3. The highest BCUT2D eigenvalue weighted by Crippen LogP contribution is 2.30. The Bertz CT molecular complexity index is 607. The molecule has 1 aromatic carbocycles. The van der Waals surface area contributed by atoms with Crippen LogP contribution in [-0.2, 0) is 12.8 Å². The van der Waals surface area contributed by atoms with Crippen LogP contribution in [0.3, 0.4) is 0 Å². The maximum atomic E-state index is 12.3. The molecule has 0 bridgehead atoms. The number of ether oxygens (including phenoxy) is 1. The van der Waals surface area contributed by atoms with Crippen molar-refractivity contribution in [2.24, 2.45) is 0 Å². The molecule has 106 valence electrons. The second-order valence-electron chi connectivity index (χ2n) is 3.76. The van der Waals surface area contributed by atoms with Crippen molar-refractivity contribution in [1.82, 2.24) is 4.98 Å². The fourth-order valence-corrected chi connectivity index (χ4v) is 2.01. The molecule has 0 saturated heterocycles. The molecule has 0 amide bonds. The molecule has 20 heavy (non-hydrogen) atoms. The second-order valence-corrected chi connectivity index (χ2v) is 4.62. The van der Waals surface area contributed by atoms with Gasteiger partial charge in [0.05, 0.1) is 11.3 Å². The van der Waals surface area contributed by atoms with Gasteiger partial charge in [-0.1, -0.05) is 0 Å². The summed E-state index contributed by atoms with van der Waals surface area (Å²) in [4.78, 5) is 14.4. The van der Waals surface area contributed by atoms with Crippen molar-refractivity contribution in [2.75, 3.05) is 0 Å². The van der Waals surface area contributed by atoms with Crippen LogP contribution in [0, 0.1) is 0 Å². The van der Waals surface area contributed by atoms with Gasteiger partial charge in [-0.05, 0) is 24.3 Å². The molecule has 0 aliphatic carbocycles. The lowest BCUT2D eigenvalue weighted by Crippen LogP contribution is -2.04. The molecule has 0 aliphatic rings. The number of hydrogen-bond acceptors (Lipinski definition) is 4. The van der Waals surface area contributed by atoms with Crippen molar-refractivity contribution in [3.8, 4) is 5.75 Å². The third-order valence-electron chi connectivity index (χ3n) is 2.30. The number of carbonyl (C=O) groups is 1. The van der Waals surface area contributed by atoms with E-state index in [9.17, 15) is 18.0 Å². The summed E-state index contributed by atoms with van der Waals surface area (Å²) in [7, 11) is 0. The summed E-state index contributed by atoms with van der Waals surface area (Å²) in [6.07, 6.45) is -4.39. The number of carboxylic acids is 1. The molecule has 2 rings (SSSR count). The lowest BCUT2D eigenvalue weighted by atomic mass is 10.2. The predicted molar refractivity (Wildman–Crippen MR) is 64.8 cm³/mol. The second kappa shape index (κ2) is 5.49. The minimum absolute atomic E-state index is 0.00482. The van der Waals surface area contributed by atoms with Crippen LogP contribution in [0.4, 0.5) is 13.2 Å². The summed E-state index contributed by atoms with van der Waals surface area (Å²) in [6, 6.07) is 4.23. The van der Waals surface area contributed by atoms with Gasteiger partial charge in [0, 0.05) is 5.38 Å². The first-order valence-corrected chi connectivity index (χ1v) is 6.22. The van der Waals surface area contributed by atoms with Crippen LogP contribution in [0.15, 0.2) is 29.6 Å². The largest absolute Gasteiger partial charge is 0.487 e. The molecule has 0 unspecified atom stereocenters. The van der Waals surface area contributed by atoms with Gasteiger partial charge in [0.15, 0.2) is 0 Å². The van der Waals surface area contributed by atoms with Gasteiger partial charge in [-0.25, -0.2) is 9.78 Å². The Kier molecular flexibility index (Phi) is 3.93. The first kappa shape index (κ1) is 14.3. The van der Waals surface area contributed by atoms with E-state index in [-0.39, 0.29) is 17.4 Å². The van der Waals surface area contributed by atoms with Gasteiger partial charge in [-0.2, -0.15) is 13.2 Å². The molecule has 4 nitrogen and oxygen atoms in total. The maximum Gasteiger partial charge on any atom is 0.416 e. The fraction of sp³-hybridized carbons (Fsp3) is 0.167. The first-order chi connectivity index (χ1) is 9.36. The summed E-state index contributed by atoms with van der Waals surface area (Å²) in [5.41, 5.74) is -0.348. The van der Waals surface area contributed by atoms with E-state index in [1.54, 1.807) is 0 Å². The van der Waals surface area contributed by atoms with E-state index in [1.165, 1.54) is 17.5 Å². The molecule has 0 fully saturated rings. The number of rotatable bonds is 4. The summed E-state index contributed by atoms with van der Waals surface area (Å²) in [5, 5.41) is 10.2. The Balaban J connectivity index is 1.98. The Morgan fingerprint density at radius 3 is 2.45 bits per heavy atom. The average molecular weight is 303 g/mol. The smallest absolute Gasteiger partial charge is 0.416 e. The van der Waals surface area contributed by atoms with Gasteiger partial charge in [0.2, 0.25) is 5.01 Å². The molecule has 1 heterocycles. The van der Waals surface area contributed by atoms with Crippen LogP contribution in [0.25, 0.3) is 0 Å². The molecule has 8 heteroatoms. The standard InChI is InChI=1S/C12H8F3NO3S/c13-12(14,15)7-1-3-9(4-2-7)19-5-8-6-20-10(16-8)11(17)18/h1-4,6H,5H2,(H,17,18). The predicted octanol–water partition coefficient (Wildman–Crippen LogP) is 3.44. The monoisotopic (exact) mass is 303 g/mol. The lowest BCUT2D eigenvalue weighted by molar-refractivity contribution is -0.137. The Morgan fingerprint density at radius 2 is 1.95 bits per heavy atom. The molecule has 2 aromatic rings. The van der Waals surface area contributed by atoms with E-state index in [1.807, 2.05) is 0 Å². The van der Waals surface area contributed by atoms with Crippen molar-refractivity contribution in [2.45, 2.75) is 12.8 Å². The van der Waals surface area contributed by atoms with Crippen molar-refractivity contribution in [1.29, 1.82) is 0 Å². The van der Waals surface area contributed by atoms with Crippen LogP contribution < -0.4 is 4.74 Å². The number of hydrogen-bond donors (Lipinski definition) is 1. The molecular formula is C12H8F3NO3S. The van der Waals surface area contributed by atoms with Crippen LogP contribution >= 0.6 is 11.3 Å². The molecule has 1 aromatic heterocycles. The van der Waals surface area contributed by atoms with E-state index in [4.69, 9.17) is 9.84 Å². The number of aromatic carboxylic acids is 1. The number of benzene rings is 1. The van der Waals surface area contributed by atoms with Crippen LogP contribution in [0.1, 0.15) is 21.1 Å². The minimum atomic E-state index is -4.39. The van der Waals surface area contributed by atoms with Gasteiger partial charge in [-0.15, -0.1) is 11.3 Å².